The zero-order chi connectivity index (χ0) is 22.3. The Morgan fingerprint density at radius 2 is 1.84 bits per heavy atom. The monoisotopic (exact) mass is 438 g/mol. The highest BCUT2D eigenvalue weighted by Gasteiger charge is 2.38. The number of carbonyl (C=O) groups excluding carboxylic acids is 1. The number of benzene rings is 3. The lowest BCUT2D eigenvalue weighted by Gasteiger charge is -2.39. The molecule has 0 aromatic heterocycles. The van der Waals surface area contributed by atoms with Gasteiger partial charge in [-0.3, -0.25) is 4.79 Å². The molecule has 0 saturated heterocycles. The molecule has 0 unspecified atom stereocenters. The number of hydrogen-bond acceptors (Lipinski definition) is 3. The van der Waals surface area contributed by atoms with Crippen molar-refractivity contribution in [3.8, 4) is 16.9 Å². The van der Waals surface area contributed by atoms with Crippen LogP contribution >= 0.6 is 11.6 Å². The molecule has 1 N–H and O–H groups in total. The number of hydrogen-bond donors (Lipinski definition) is 1. The molecule has 1 aliphatic rings. The maximum absolute atomic E-state index is 13.8. The highest BCUT2D eigenvalue weighted by Crippen LogP contribution is 2.43. The molecular weight excluding hydrogens is 415 g/mol. The van der Waals surface area contributed by atoms with Crippen molar-refractivity contribution in [2.24, 2.45) is 0 Å². The first-order chi connectivity index (χ1) is 14.7. The normalized spacial score (nSPS) is 14.8. The summed E-state index contributed by atoms with van der Waals surface area (Å²) in [5.74, 6) is 0.0398. The number of halogens is 2. The van der Waals surface area contributed by atoms with Crippen LogP contribution in [-0.4, -0.2) is 18.5 Å². The number of nitrogens with zero attached hydrogens (tertiary/aromatic N) is 1. The summed E-state index contributed by atoms with van der Waals surface area (Å²) >= 11 is 6.50. The minimum absolute atomic E-state index is 0.0560. The predicted octanol–water partition coefficient (Wildman–Crippen LogP) is 6.20. The van der Waals surface area contributed by atoms with Crippen LogP contribution < -0.4 is 15.0 Å². The molecule has 1 heterocycles. The molecule has 0 fully saturated rings. The van der Waals surface area contributed by atoms with E-state index in [4.69, 9.17) is 16.3 Å². The minimum Gasteiger partial charge on any atom is -0.488 e. The van der Waals surface area contributed by atoms with E-state index in [-0.39, 0.29) is 18.3 Å². The van der Waals surface area contributed by atoms with Crippen molar-refractivity contribution in [3.05, 3.63) is 76.6 Å². The third-order valence-electron chi connectivity index (χ3n) is 5.59. The van der Waals surface area contributed by atoms with Gasteiger partial charge in [-0.05, 0) is 50.1 Å². The maximum Gasteiger partial charge on any atom is 0.251 e. The highest BCUT2D eigenvalue weighted by molar-refractivity contribution is 6.33. The van der Waals surface area contributed by atoms with Gasteiger partial charge in [-0.1, -0.05) is 41.9 Å². The lowest BCUT2D eigenvalue weighted by Crippen LogP contribution is -2.52. The molecule has 1 amide bonds. The van der Waals surface area contributed by atoms with E-state index in [1.165, 1.54) is 12.1 Å². The van der Waals surface area contributed by atoms with Crippen molar-refractivity contribution in [3.63, 3.8) is 0 Å². The number of rotatable bonds is 4. The topological polar surface area (TPSA) is 41.6 Å². The fourth-order valence-electron chi connectivity index (χ4n) is 3.99. The van der Waals surface area contributed by atoms with Crippen LogP contribution in [0.4, 0.5) is 15.8 Å². The average molecular weight is 439 g/mol. The highest BCUT2D eigenvalue weighted by atomic mass is 35.5. The van der Waals surface area contributed by atoms with Crippen LogP contribution in [0.25, 0.3) is 11.1 Å². The SMILES string of the molecule is Cc1ccc(F)cc1OCc1c(-c2ccccc2Cl)ccc2c1N(C)C(=O)C(C)(C)N2. The first-order valence-electron chi connectivity index (χ1n) is 10.0. The first kappa shape index (κ1) is 21.2. The zero-order valence-corrected chi connectivity index (χ0v) is 18.7. The van der Waals surface area contributed by atoms with Gasteiger partial charge in [0.05, 0.1) is 11.4 Å². The second kappa shape index (κ2) is 7.89. The molecule has 0 radical (unpaired) electrons. The molecule has 0 saturated carbocycles. The number of amides is 1. The van der Waals surface area contributed by atoms with Crippen LogP contribution in [0.15, 0.2) is 54.6 Å². The fraction of sp³-hybridized carbons (Fsp3) is 0.240. The van der Waals surface area contributed by atoms with Gasteiger partial charge in [-0.2, -0.15) is 0 Å². The Morgan fingerprint density at radius 1 is 1.10 bits per heavy atom. The van der Waals surface area contributed by atoms with Gasteiger partial charge in [-0.25, -0.2) is 4.39 Å². The summed E-state index contributed by atoms with van der Waals surface area (Å²) < 4.78 is 19.8. The molecule has 6 heteroatoms. The van der Waals surface area contributed by atoms with Crippen molar-refractivity contribution < 1.29 is 13.9 Å². The molecule has 0 atom stereocenters. The number of nitrogens with one attached hydrogen (secondary N) is 1. The smallest absolute Gasteiger partial charge is 0.251 e. The first-order valence-corrected chi connectivity index (χ1v) is 10.4. The number of likely N-dealkylation sites (N-methyl/N-ethyl adjacent to an activating group) is 1. The molecule has 0 spiro atoms. The third kappa shape index (κ3) is 3.86. The molecule has 31 heavy (non-hydrogen) atoms. The van der Waals surface area contributed by atoms with Gasteiger partial charge in [0.15, 0.2) is 0 Å². The van der Waals surface area contributed by atoms with Gasteiger partial charge in [0.1, 0.15) is 23.7 Å². The Labute approximate surface area is 186 Å². The van der Waals surface area contributed by atoms with Crippen LogP contribution in [0.5, 0.6) is 5.75 Å². The number of fused-ring (bicyclic) bond motifs is 1. The summed E-state index contributed by atoms with van der Waals surface area (Å²) in [5, 5.41) is 3.93. The average Bonchev–Trinajstić information content (AvgIpc) is 2.73. The second-order valence-electron chi connectivity index (χ2n) is 8.28. The van der Waals surface area contributed by atoms with Crippen molar-refractivity contribution in [2.45, 2.75) is 32.9 Å². The van der Waals surface area contributed by atoms with Crippen molar-refractivity contribution >= 4 is 28.9 Å². The number of aryl methyl sites for hydroxylation is 1. The Hall–Kier alpha value is -3.05. The largest absolute Gasteiger partial charge is 0.488 e. The van der Waals surface area contributed by atoms with E-state index in [9.17, 15) is 9.18 Å². The Bertz CT molecular complexity index is 1180. The molecule has 4 rings (SSSR count). The van der Waals surface area contributed by atoms with Crippen molar-refractivity contribution in [1.82, 2.24) is 0 Å². The molecule has 160 valence electrons. The van der Waals surface area contributed by atoms with E-state index in [0.717, 1.165) is 33.6 Å². The van der Waals surface area contributed by atoms with E-state index in [2.05, 4.69) is 5.32 Å². The van der Waals surface area contributed by atoms with Crippen LogP contribution in [0, 0.1) is 12.7 Å². The lowest BCUT2D eigenvalue weighted by atomic mass is 9.92. The van der Waals surface area contributed by atoms with E-state index in [1.54, 1.807) is 18.0 Å². The van der Waals surface area contributed by atoms with Crippen LogP contribution in [-0.2, 0) is 11.4 Å². The molecule has 0 bridgehead atoms. The zero-order valence-electron chi connectivity index (χ0n) is 17.9. The summed E-state index contributed by atoms with van der Waals surface area (Å²) in [6.45, 7) is 5.71. The van der Waals surface area contributed by atoms with Crippen molar-refractivity contribution in [2.75, 3.05) is 17.3 Å². The van der Waals surface area contributed by atoms with E-state index in [0.29, 0.717) is 10.8 Å². The van der Waals surface area contributed by atoms with Crippen molar-refractivity contribution in [1.29, 1.82) is 0 Å². The van der Waals surface area contributed by atoms with E-state index in [1.807, 2.05) is 57.2 Å². The number of ether oxygens (including phenoxy) is 1. The number of anilines is 2. The van der Waals surface area contributed by atoms with Crippen LogP contribution in [0.2, 0.25) is 5.02 Å². The molecule has 1 aliphatic heterocycles. The predicted molar refractivity (Wildman–Crippen MR) is 123 cm³/mol. The van der Waals surface area contributed by atoms with Gasteiger partial charge in [0.25, 0.3) is 5.91 Å². The third-order valence-corrected chi connectivity index (χ3v) is 5.92. The van der Waals surface area contributed by atoms with E-state index < -0.39 is 5.54 Å². The summed E-state index contributed by atoms with van der Waals surface area (Å²) in [5.41, 5.74) is 4.16. The second-order valence-corrected chi connectivity index (χ2v) is 8.69. The van der Waals surface area contributed by atoms with Gasteiger partial charge >= 0.3 is 0 Å². The Balaban J connectivity index is 1.87. The van der Waals surface area contributed by atoms with Crippen LogP contribution in [0.3, 0.4) is 0 Å². The minimum atomic E-state index is -0.731. The standard InChI is InChI=1S/C25H24ClFN2O2/c1-15-9-10-16(27)13-22(15)31-14-19-17(18-7-5-6-8-20(18)26)11-12-21-23(19)29(4)24(30)25(2,3)28-21/h5-13,28H,14H2,1-4H3. The van der Waals surface area contributed by atoms with Gasteiger partial charge in [0.2, 0.25) is 0 Å². The molecule has 0 aliphatic carbocycles. The quantitative estimate of drug-likeness (QED) is 0.527. The Kier molecular flexibility index (Phi) is 5.40. The molecule has 3 aromatic carbocycles. The molecular formula is C25H24ClFN2O2. The summed E-state index contributed by atoms with van der Waals surface area (Å²) in [4.78, 5) is 14.7. The van der Waals surface area contributed by atoms with Gasteiger partial charge in [0, 0.05) is 29.3 Å². The Morgan fingerprint density at radius 3 is 2.58 bits per heavy atom. The molecule has 4 nitrogen and oxygen atoms in total. The number of carbonyl (C=O) groups is 1. The van der Waals surface area contributed by atoms with Gasteiger partial charge < -0.3 is 15.0 Å². The van der Waals surface area contributed by atoms with E-state index >= 15 is 0 Å². The van der Waals surface area contributed by atoms with Crippen LogP contribution in [0.1, 0.15) is 25.0 Å². The summed E-state index contributed by atoms with van der Waals surface area (Å²) in [7, 11) is 1.76. The lowest BCUT2D eigenvalue weighted by molar-refractivity contribution is -0.121. The van der Waals surface area contributed by atoms with Gasteiger partial charge in [-0.15, -0.1) is 0 Å². The molecule has 3 aromatic rings. The summed E-state index contributed by atoms with van der Waals surface area (Å²) in [6, 6.07) is 15.9. The summed E-state index contributed by atoms with van der Waals surface area (Å²) in [6.07, 6.45) is 0. The fourth-order valence-corrected chi connectivity index (χ4v) is 4.23. The maximum atomic E-state index is 13.8.